The van der Waals surface area contributed by atoms with Crippen molar-refractivity contribution >= 4 is 57.3 Å². The zero-order valence-electron chi connectivity index (χ0n) is 16.9. The molecule has 0 saturated carbocycles. The molecule has 160 valence electrons. The van der Waals surface area contributed by atoms with Crippen molar-refractivity contribution in [3.8, 4) is 0 Å². The zero-order chi connectivity index (χ0) is 21.8. The quantitative estimate of drug-likeness (QED) is 0.529. The lowest BCUT2D eigenvalue weighted by atomic mass is 10.1. The Balaban J connectivity index is 1.31. The minimum absolute atomic E-state index is 0.0306. The number of nitrogens with one attached hydrogen (secondary N) is 1. The fourth-order valence-corrected chi connectivity index (χ4v) is 5.13. The van der Waals surface area contributed by atoms with Gasteiger partial charge in [0.05, 0.1) is 5.75 Å². The molecule has 0 spiro atoms. The van der Waals surface area contributed by atoms with Crippen molar-refractivity contribution < 1.29 is 9.59 Å². The normalized spacial score (nSPS) is 16.0. The Bertz CT molecular complexity index is 1090. The predicted molar refractivity (Wildman–Crippen MR) is 127 cm³/mol. The summed E-state index contributed by atoms with van der Waals surface area (Å²) in [6.45, 7) is 2.45. The van der Waals surface area contributed by atoms with Crippen LogP contribution < -0.4 is 10.2 Å². The number of benzene rings is 2. The molecule has 1 saturated heterocycles. The number of carbonyl (C=O) groups excluding carboxylic acids is 2. The molecule has 9 heteroatoms. The minimum Gasteiger partial charge on any atom is -0.312 e. The maximum atomic E-state index is 12.5. The molecular weight excluding hydrogens is 452 g/mol. The van der Waals surface area contributed by atoms with E-state index in [1.54, 1.807) is 16.7 Å². The van der Waals surface area contributed by atoms with Crippen LogP contribution in [0.5, 0.6) is 0 Å². The van der Waals surface area contributed by atoms with Crippen molar-refractivity contribution in [1.29, 1.82) is 0 Å². The maximum Gasteiger partial charge on any atom is 0.236 e. The van der Waals surface area contributed by atoms with Gasteiger partial charge in [-0.05, 0) is 30.2 Å². The zero-order valence-corrected chi connectivity index (χ0v) is 19.3. The monoisotopic (exact) mass is 472 g/mol. The molecule has 2 aromatic carbocycles. The molecular formula is C22H21ClN4O2S2. The second kappa shape index (κ2) is 9.80. The van der Waals surface area contributed by atoms with Gasteiger partial charge in [0, 0.05) is 35.3 Å². The van der Waals surface area contributed by atoms with Gasteiger partial charge in [-0.1, -0.05) is 59.3 Å². The van der Waals surface area contributed by atoms with Crippen LogP contribution in [0.25, 0.3) is 0 Å². The van der Waals surface area contributed by atoms with E-state index in [1.807, 2.05) is 55.5 Å². The number of halogens is 1. The van der Waals surface area contributed by atoms with Crippen LogP contribution in [0.15, 0.2) is 48.5 Å². The van der Waals surface area contributed by atoms with Crippen molar-refractivity contribution in [2.75, 3.05) is 22.5 Å². The van der Waals surface area contributed by atoms with Crippen molar-refractivity contribution in [3.05, 3.63) is 69.7 Å². The van der Waals surface area contributed by atoms with Gasteiger partial charge in [-0.2, -0.15) is 0 Å². The number of carbonyl (C=O) groups is 2. The van der Waals surface area contributed by atoms with Crippen LogP contribution in [0.4, 0.5) is 10.8 Å². The number of amides is 2. The fraction of sp³-hybridized carbons (Fsp3) is 0.273. The van der Waals surface area contributed by atoms with Gasteiger partial charge in [0.2, 0.25) is 16.9 Å². The molecule has 1 aromatic heterocycles. The first-order valence-electron chi connectivity index (χ1n) is 9.81. The Labute approximate surface area is 194 Å². The Hall–Kier alpha value is -2.42. The van der Waals surface area contributed by atoms with E-state index >= 15 is 0 Å². The number of anilines is 2. The number of hydrogen-bond donors (Lipinski definition) is 1. The van der Waals surface area contributed by atoms with E-state index < -0.39 is 0 Å². The first-order valence-corrected chi connectivity index (χ1v) is 12.2. The number of nitrogens with zero attached hydrogens (tertiary/aromatic N) is 3. The summed E-state index contributed by atoms with van der Waals surface area (Å²) >= 11 is 9.09. The summed E-state index contributed by atoms with van der Waals surface area (Å²) in [4.78, 5) is 26.5. The molecule has 0 radical (unpaired) electrons. The van der Waals surface area contributed by atoms with Gasteiger partial charge >= 0.3 is 0 Å². The van der Waals surface area contributed by atoms with Crippen molar-refractivity contribution in [2.45, 2.75) is 25.0 Å². The van der Waals surface area contributed by atoms with Gasteiger partial charge in [0.25, 0.3) is 0 Å². The summed E-state index contributed by atoms with van der Waals surface area (Å²) in [6.07, 6.45) is 0.362. The molecule has 1 unspecified atom stereocenters. The molecule has 6 nitrogen and oxygen atoms in total. The molecule has 1 fully saturated rings. The number of aromatic nitrogens is 2. The molecule has 3 aromatic rings. The Morgan fingerprint density at radius 1 is 1.26 bits per heavy atom. The van der Waals surface area contributed by atoms with Crippen LogP contribution in [0.1, 0.15) is 28.5 Å². The summed E-state index contributed by atoms with van der Waals surface area (Å²) in [5, 5.41) is 13.0. The molecule has 2 amide bonds. The molecule has 0 aliphatic carbocycles. The van der Waals surface area contributed by atoms with Gasteiger partial charge in [0.15, 0.2) is 0 Å². The number of hydrogen-bond acceptors (Lipinski definition) is 6. The lowest BCUT2D eigenvalue weighted by molar-refractivity contribution is -0.117. The highest BCUT2D eigenvalue weighted by atomic mass is 35.5. The van der Waals surface area contributed by atoms with Crippen molar-refractivity contribution in [2.24, 2.45) is 0 Å². The molecule has 1 aliphatic rings. The van der Waals surface area contributed by atoms with Crippen LogP contribution in [0.2, 0.25) is 5.02 Å². The fourth-order valence-electron chi connectivity index (χ4n) is 3.31. The van der Waals surface area contributed by atoms with Gasteiger partial charge in [0.1, 0.15) is 5.01 Å². The highest BCUT2D eigenvalue weighted by molar-refractivity contribution is 7.99. The second-order valence-electron chi connectivity index (χ2n) is 7.31. The number of aryl methyl sites for hydroxylation is 1. The second-order valence-corrected chi connectivity index (χ2v) is 9.71. The van der Waals surface area contributed by atoms with E-state index in [4.69, 9.17) is 11.6 Å². The lowest BCUT2D eigenvalue weighted by Crippen LogP contribution is -2.24. The largest absolute Gasteiger partial charge is 0.312 e. The topological polar surface area (TPSA) is 75.2 Å². The standard InChI is InChI=1S/C22H21ClN4O2S2/c1-14-7-8-17(10-18(14)23)27-11-16(9-20(27)29)21-25-26-22(31-21)24-19(28)13-30-12-15-5-3-2-4-6-15/h2-8,10,16H,9,11-13H2,1H3,(H,24,26,28). The smallest absolute Gasteiger partial charge is 0.236 e. The average molecular weight is 473 g/mol. The Morgan fingerprint density at radius 2 is 2.06 bits per heavy atom. The summed E-state index contributed by atoms with van der Waals surface area (Å²) in [5.41, 5.74) is 2.94. The van der Waals surface area contributed by atoms with Gasteiger partial charge in [-0.25, -0.2) is 0 Å². The summed E-state index contributed by atoms with van der Waals surface area (Å²) < 4.78 is 0. The van der Waals surface area contributed by atoms with E-state index in [9.17, 15) is 9.59 Å². The van der Waals surface area contributed by atoms with E-state index in [-0.39, 0.29) is 17.7 Å². The molecule has 2 heterocycles. The van der Waals surface area contributed by atoms with Gasteiger partial charge < -0.3 is 4.90 Å². The van der Waals surface area contributed by atoms with Crippen LogP contribution in [-0.2, 0) is 15.3 Å². The van der Waals surface area contributed by atoms with Gasteiger partial charge in [-0.3, -0.25) is 14.9 Å². The van der Waals surface area contributed by atoms with E-state index in [0.29, 0.717) is 28.9 Å². The first kappa shape index (κ1) is 21.8. The van der Waals surface area contributed by atoms with E-state index in [0.717, 1.165) is 22.0 Å². The van der Waals surface area contributed by atoms with E-state index in [2.05, 4.69) is 15.5 Å². The maximum absolute atomic E-state index is 12.5. The van der Waals surface area contributed by atoms with Crippen LogP contribution >= 0.6 is 34.7 Å². The molecule has 1 N–H and O–H groups in total. The van der Waals surface area contributed by atoms with E-state index in [1.165, 1.54) is 16.9 Å². The SMILES string of the molecule is Cc1ccc(N2CC(c3nnc(NC(=O)CSCc4ccccc4)s3)CC2=O)cc1Cl. The van der Waals surface area contributed by atoms with Crippen LogP contribution in [-0.4, -0.2) is 34.3 Å². The third-order valence-corrected chi connectivity index (χ3v) is 7.39. The molecule has 31 heavy (non-hydrogen) atoms. The van der Waals surface area contributed by atoms with Crippen molar-refractivity contribution in [1.82, 2.24) is 10.2 Å². The summed E-state index contributed by atoms with van der Waals surface area (Å²) in [6, 6.07) is 15.7. The van der Waals surface area contributed by atoms with Gasteiger partial charge in [-0.15, -0.1) is 22.0 Å². The predicted octanol–water partition coefficient (Wildman–Crippen LogP) is 4.89. The molecule has 1 atom stereocenters. The third-order valence-electron chi connectivity index (χ3n) is 4.97. The molecule has 0 bridgehead atoms. The lowest BCUT2D eigenvalue weighted by Gasteiger charge is -2.17. The first-order chi connectivity index (χ1) is 15.0. The average Bonchev–Trinajstić information content (AvgIpc) is 3.37. The minimum atomic E-state index is -0.109. The van der Waals surface area contributed by atoms with Crippen LogP contribution in [0.3, 0.4) is 0 Å². The Kier molecular flexibility index (Phi) is 6.89. The molecule has 4 rings (SSSR count). The van der Waals surface area contributed by atoms with Crippen molar-refractivity contribution in [3.63, 3.8) is 0 Å². The number of rotatable bonds is 7. The van der Waals surface area contributed by atoms with Crippen LogP contribution in [0, 0.1) is 6.92 Å². The highest BCUT2D eigenvalue weighted by Gasteiger charge is 2.34. The molecule has 1 aliphatic heterocycles. The third kappa shape index (κ3) is 5.44. The highest BCUT2D eigenvalue weighted by Crippen LogP contribution is 2.35. The summed E-state index contributed by atoms with van der Waals surface area (Å²) in [5.74, 6) is 0.986. The number of thioether (sulfide) groups is 1. The Morgan fingerprint density at radius 3 is 2.84 bits per heavy atom. The summed E-state index contributed by atoms with van der Waals surface area (Å²) in [7, 11) is 0.